The zero-order chi connectivity index (χ0) is 18.7. The van der Waals surface area contributed by atoms with Gasteiger partial charge in [0.25, 0.3) is 0 Å². The van der Waals surface area contributed by atoms with Crippen LogP contribution in [0.15, 0.2) is 4.99 Å². The van der Waals surface area contributed by atoms with Crippen LogP contribution in [0.3, 0.4) is 0 Å². The molecule has 7 heteroatoms. The fourth-order valence-corrected chi connectivity index (χ4v) is 3.25. The van der Waals surface area contributed by atoms with E-state index in [4.69, 9.17) is 19.2 Å². The van der Waals surface area contributed by atoms with Crippen LogP contribution in [0, 0.1) is 0 Å². The van der Waals surface area contributed by atoms with Crippen LogP contribution < -0.4 is 10.6 Å². The smallest absolute Gasteiger partial charge is 0.191 e. The van der Waals surface area contributed by atoms with Gasteiger partial charge in [-0.2, -0.15) is 0 Å². The van der Waals surface area contributed by atoms with E-state index in [2.05, 4.69) is 36.3 Å². The number of hydrogen-bond donors (Lipinski definition) is 2. The van der Waals surface area contributed by atoms with Crippen LogP contribution in [0.25, 0.3) is 0 Å². The first-order valence-corrected chi connectivity index (χ1v) is 10.2. The number of nitrogens with one attached hydrogen (secondary N) is 2. The molecule has 0 bridgehead atoms. The maximum atomic E-state index is 5.71. The highest BCUT2D eigenvalue weighted by Gasteiger charge is 2.28. The summed E-state index contributed by atoms with van der Waals surface area (Å²) in [5.74, 6) is 0.882. The molecular formula is C19H38N4O3. The lowest BCUT2D eigenvalue weighted by molar-refractivity contribution is -0.00684. The molecule has 2 aliphatic rings. The molecule has 0 aromatic heterocycles. The van der Waals surface area contributed by atoms with Gasteiger partial charge in [0.05, 0.1) is 32.5 Å². The number of nitrogens with zero attached hydrogens (tertiary/aromatic N) is 2. The minimum absolute atomic E-state index is 0.0382. The Bertz CT molecular complexity index is 406. The van der Waals surface area contributed by atoms with Crippen molar-refractivity contribution in [2.45, 2.75) is 51.7 Å². The van der Waals surface area contributed by atoms with Crippen molar-refractivity contribution < 1.29 is 14.2 Å². The van der Waals surface area contributed by atoms with E-state index in [1.165, 1.54) is 6.42 Å². The van der Waals surface area contributed by atoms with Gasteiger partial charge in [0.1, 0.15) is 0 Å². The molecule has 2 rings (SSSR count). The minimum atomic E-state index is 0.0382. The molecule has 2 heterocycles. The number of rotatable bonds is 10. The van der Waals surface area contributed by atoms with E-state index < -0.39 is 0 Å². The lowest BCUT2D eigenvalue weighted by atomic mass is 10.0. The molecule has 0 radical (unpaired) electrons. The van der Waals surface area contributed by atoms with Crippen molar-refractivity contribution in [3.8, 4) is 0 Å². The Morgan fingerprint density at radius 3 is 2.73 bits per heavy atom. The molecular weight excluding hydrogens is 332 g/mol. The van der Waals surface area contributed by atoms with Crippen LogP contribution in [0.5, 0.6) is 0 Å². The topological polar surface area (TPSA) is 67.4 Å². The number of morpholine rings is 1. The molecule has 1 unspecified atom stereocenters. The van der Waals surface area contributed by atoms with E-state index in [0.717, 1.165) is 84.6 Å². The van der Waals surface area contributed by atoms with Crippen molar-refractivity contribution in [1.29, 1.82) is 0 Å². The summed E-state index contributed by atoms with van der Waals surface area (Å²) in [4.78, 5) is 7.25. The van der Waals surface area contributed by atoms with Crippen LogP contribution in [0.4, 0.5) is 0 Å². The number of ether oxygens (including phenoxy) is 3. The van der Waals surface area contributed by atoms with E-state index in [1.807, 2.05) is 0 Å². The molecule has 0 spiro atoms. The van der Waals surface area contributed by atoms with Crippen LogP contribution in [0.1, 0.15) is 40.0 Å². The Kier molecular flexibility index (Phi) is 9.67. The normalized spacial score (nSPS) is 22.6. The van der Waals surface area contributed by atoms with Gasteiger partial charge < -0.3 is 24.8 Å². The Balaban J connectivity index is 1.64. The lowest BCUT2D eigenvalue weighted by Gasteiger charge is -2.39. The van der Waals surface area contributed by atoms with Crippen molar-refractivity contribution in [3.05, 3.63) is 0 Å². The molecule has 2 saturated heterocycles. The first-order chi connectivity index (χ1) is 12.6. The second-order valence-corrected chi connectivity index (χ2v) is 7.60. The molecule has 7 nitrogen and oxygen atoms in total. The summed E-state index contributed by atoms with van der Waals surface area (Å²) in [6, 6.07) is 0. The van der Waals surface area contributed by atoms with Gasteiger partial charge in [0, 0.05) is 44.9 Å². The fourth-order valence-electron chi connectivity index (χ4n) is 3.25. The molecule has 152 valence electrons. The Morgan fingerprint density at radius 1 is 1.23 bits per heavy atom. The summed E-state index contributed by atoms with van der Waals surface area (Å²) in [6.07, 6.45) is 3.57. The van der Waals surface area contributed by atoms with Gasteiger partial charge in [-0.25, -0.2) is 0 Å². The lowest BCUT2D eigenvalue weighted by Crippen LogP contribution is -2.52. The van der Waals surface area contributed by atoms with Gasteiger partial charge in [0.2, 0.25) is 0 Å². The number of aliphatic imine (C=N–C) groups is 1. The summed E-state index contributed by atoms with van der Waals surface area (Å²) in [7, 11) is 0. The van der Waals surface area contributed by atoms with Crippen molar-refractivity contribution in [2.24, 2.45) is 4.99 Å². The molecule has 0 aromatic carbocycles. The van der Waals surface area contributed by atoms with Crippen molar-refractivity contribution in [1.82, 2.24) is 15.5 Å². The minimum Gasteiger partial charge on any atom is -0.379 e. The van der Waals surface area contributed by atoms with Gasteiger partial charge in [-0.1, -0.05) is 0 Å². The highest BCUT2D eigenvalue weighted by atomic mass is 16.5. The molecule has 0 amide bonds. The zero-order valence-corrected chi connectivity index (χ0v) is 16.9. The third-order valence-corrected chi connectivity index (χ3v) is 4.92. The Labute approximate surface area is 158 Å². The molecule has 2 fully saturated rings. The SMILES string of the molecule is CCNC(=NCC(C)(C)N1CCOCC1)NCCCOCC1CCCO1. The van der Waals surface area contributed by atoms with Crippen LogP contribution in [-0.2, 0) is 14.2 Å². The van der Waals surface area contributed by atoms with E-state index in [9.17, 15) is 0 Å². The second kappa shape index (κ2) is 11.7. The molecule has 0 saturated carbocycles. The predicted molar refractivity (Wildman–Crippen MR) is 105 cm³/mol. The summed E-state index contributed by atoms with van der Waals surface area (Å²) in [5.41, 5.74) is 0.0382. The summed E-state index contributed by atoms with van der Waals surface area (Å²) in [6.45, 7) is 15.0. The van der Waals surface area contributed by atoms with Crippen molar-refractivity contribution in [2.75, 3.05) is 65.8 Å². The first-order valence-electron chi connectivity index (χ1n) is 10.2. The van der Waals surface area contributed by atoms with Gasteiger partial charge in [-0.15, -0.1) is 0 Å². The van der Waals surface area contributed by atoms with Gasteiger partial charge in [-0.3, -0.25) is 9.89 Å². The number of guanidine groups is 1. The van der Waals surface area contributed by atoms with E-state index in [1.54, 1.807) is 0 Å². The molecule has 2 N–H and O–H groups in total. The first kappa shape index (κ1) is 21.4. The fraction of sp³-hybridized carbons (Fsp3) is 0.947. The van der Waals surface area contributed by atoms with Crippen LogP contribution in [0.2, 0.25) is 0 Å². The predicted octanol–water partition coefficient (Wildman–Crippen LogP) is 1.24. The molecule has 0 aliphatic carbocycles. The summed E-state index contributed by atoms with van der Waals surface area (Å²) < 4.78 is 16.7. The van der Waals surface area contributed by atoms with E-state index in [-0.39, 0.29) is 5.54 Å². The van der Waals surface area contributed by atoms with Gasteiger partial charge >= 0.3 is 0 Å². The highest BCUT2D eigenvalue weighted by molar-refractivity contribution is 5.79. The maximum absolute atomic E-state index is 5.71. The summed E-state index contributed by atoms with van der Waals surface area (Å²) >= 11 is 0. The average molecular weight is 371 g/mol. The average Bonchev–Trinajstić information content (AvgIpc) is 3.16. The molecule has 1 atom stereocenters. The van der Waals surface area contributed by atoms with Crippen LogP contribution >= 0.6 is 0 Å². The van der Waals surface area contributed by atoms with Crippen molar-refractivity contribution >= 4 is 5.96 Å². The third kappa shape index (κ3) is 7.78. The zero-order valence-electron chi connectivity index (χ0n) is 16.9. The summed E-state index contributed by atoms with van der Waals surface area (Å²) in [5, 5.41) is 6.74. The monoisotopic (exact) mass is 370 g/mol. The Morgan fingerprint density at radius 2 is 2.04 bits per heavy atom. The molecule has 26 heavy (non-hydrogen) atoms. The Hall–Kier alpha value is -0.890. The maximum Gasteiger partial charge on any atom is 0.191 e. The van der Waals surface area contributed by atoms with Crippen molar-refractivity contribution in [3.63, 3.8) is 0 Å². The standard InChI is InChI=1S/C19H38N4O3/c1-4-20-18(21-8-6-11-25-15-17-7-5-12-26-17)22-16-19(2,3)23-9-13-24-14-10-23/h17H,4-16H2,1-3H3,(H2,20,21,22). The quantitative estimate of drug-likeness (QED) is 0.343. The van der Waals surface area contributed by atoms with E-state index in [0.29, 0.717) is 6.10 Å². The molecule has 2 aliphatic heterocycles. The largest absolute Gasteiger partial charge is 0.379 e. The van der Waals surface area contributed by atoms with Gasteiger partial charge in [0.15, 0.2) is 5.96 Å². The molecule has 0 aromatic rings. The number of hydrogen-bond acceptors (Lipinski definition) is 5. The second-order valence-electron chi connectivity index (χ2n) is 7.60. The van der Waals surface area contributed by atoms with Gasteiger partial charge in [-0.05, 0) is 40.0 Å². The highest BCUT2D eigenvalue weighted by Crippen LogP contribution is 2.16. The third-order valence-electron chi connectivity index (χ3n) is 4.92. The van der Waals surface area contributed by atoms with E-state index >= 15 is 0 Å². The van der Waals surface area contributed by atoms with Crippen LogP contribution in [-0.4, -0.2) is 88.3 Å².